The Balaban J connectivity index is 0.000000370. The molecule has 0 radical (unpaired) electrons. The van der Waals surface area contributed by atoms with Crippen molar-refractivity contribution in [3.8, 4) is 0 Å². The summed E-state index contributed by atoms with van der Waals surface area (Å²) in [6.45, 7) is 13.4. The summed E-state index contributed by atoms with van der Waals surface area (Å²) in [5.41, 5.74) is 3.55. The maximum Gasteiger partial charge on any atom is 0.269 e. The molecule has 9 nitrogen and oxygen atoms in total. The van der Waals surface area contributed by atoms with Crippen LogP contribution < -0.4 is 10.2 Å². The van der Waals surface area contributed by atoms with Gasteiger partial charge < -0.3 is 14.5 Å². The summed E-state index contributed by atoms with van der Waals surface area (Å²) in [4.78, 5) is 37.7. The average molecular weight is 603 g/mol. The second kappa shape index (κ2) is 20.9. The van der Waals surface area contributed by atoms with Crippen molar-refractivity contribution in [2.24, 2.45) is 0 Å². The quantitative estimate of drug-likeness (QED) is 0.190. The Morgan fingerprint density at radius 3 is 1.86 bits per heavy atom. The van der Waals surface area contributed by atoms with Gasteiger partial charge in [0.2, 0.25) is 11.8 Å². The number of ether oxygens (including phenoxy) is 1. The number of nitro benzene ring substituents is 1. The number of nitrogens with one attached hydrogen (secondary N) is 1. The fourth-order valence-corrected chi connectivity index (χ4v) is 4.96. The van der Waals surface area contributed by atoms with Crippen LogP contribution in [0.25, 0.3) is 0 Å². The van der Waals surface area contributed by atoms with E-state index in [1.54, 1.807) is 18.4 Å². The molecule has 0 aromatic heterocycles. The molecule has 2 amide bonds. The van der Waals surface area contributed by atoms with Crippen LogP contribution in [0.15, 0.2) is 48.5 Å². The summed E-state index contributed by atoms with van der Waals surface area (Å²) in [5.74, 6) is 0.156. The zero-order valence-electron chi connectivity index (χ0n) is 26.2. The van der Waals surface area contributed by atoms with Crippen LogP contribution in [0.1, 0.15) is 76.3 Å². The molecule has 234 valence electrons. The van der Waals surface area contributed by atoms with E-state index in [1.807, 2.05) is 27.7 Å². The molecule has 2 aromatic rings. The molecule has 42 heavy (non-hydrogen) atoms. The maximum absolute atomic E-state index is 11.9. The molecule has 1 atom stereocenters. The minimum Gasteiger partial charge on any atom is -0.378 e. The number of carbonyl (C=O) groups is 2. The van der Waals surface area contributed by atoms with Gasteiger partial charge in [-0.3, -0.25) is 25.0 Å². The number of amides is 2. The van der Waals surface area contributed by atoms with E-state index >= 15 is 0 Å². The first-order chi connectivity index (χ1) is 20.4. The number of benzene rings is 2. The van der Waals surface area contributed by atoms with Crippen LogP contribution in [-0.2, 0) is 14.3 Å². The molecule has 2 aromatic carbocycles. The highest BCUT2D eigenvalue weighted by atomic mass is 32.1. The summed E-state index contributed by atoms with van der Waals surface area (Å²) in [6.07, 6.45) is 5.16. The number of nitro groups is 1. The molecule has 3 aliphatic rings. The molecule has 10 heteroatoms. The Labute approximate surface area is 257 Å². The highest BCUT2D eigenvalue weighted by molar-refractivity contribution is 7.79. The second-order valence-electron chi connectivity index (χ2n) is 9.62. The van der Waals surface area contributed by atoms with Crippen LogP contribution in [0.3, 0.4) is 0 Å². The van der Waals surface area contributed by atoms with Crippen LogP contribution in [-0.4, -0.2) is 74.3 Å². The fraction of sp³-hybridized carbons (Fsp3) is 0.562. The number of morpholine rings is 1. The number of hydrogen-bond donors (Lipinski definition) is 2. The standard InChI is InChI=1S/C17H22N2O2.C10H12N2O3.2C2H6.CH4S/c1-19-10-8-13(9-11-19)12-2-4-14(5-3-12)15-6-7-16(20)18-17(15)21;13-12(14)10-3-1-9(2-4-10)11-5-7-15-8-6-11;3*1-2/h2-5,13,15H,6-11H2,1H3,(H,18,20,21);1-4H,5-8H2;2*1-2H3;2H,1H3. The van der Waals surface area contributed by atoms with Gasteiger partial charge in [0, 0.05) is 37.3 Å². The zero-order chi connectivity index (χ0) is 31.5. The van der Waals surface area contributed by atoms with E-state index in [2.05, 4.69) is 59.1 Å². The Morgan fingerprint density at radius 1 is 0.833 bits per heavy atom. The van der Waals surface area contributed by atoms with Gasteiger partial charge in [0.05, 0.1) is 24.1 Å². The number of anilines is 1. The third-order valence-corrected chi connectivity index (χ3v) is 7.20. The number of rotatable bonds is 4. The van der Waals surface area contributed by atoms with Crippen LogP contribution in [0.4, 0.5) is 11.4 Å². The van der Waals surface area contributed by atoms with E-state index in [-0.39, 0.29) is 28.3 Å². The molecule has 3 heterocycles. The van der Waals surface area contributed by atoms with Gasteiger partial charge in [0.25, 0.3) is 5.69 Å². The lowest BCUT2D eigenvalue weighted by Gasteiger charge is -2.29. The molecule has 1 N–H and O–H groups in total. The number of nitrogens with zero attached hydrogens (tertiary/aromatic N) is 3. The van der Waals surface area contributed by atoms with Gasteiger partial charge in [0.15, 0.2) is 0 Å². The van der Waals surface area contributed by atoms with Gasteiger partial charge in [-0.1, -0.05) is 52.0 Å². The maximum atomic E-state index is 11.9. The van der Waals surface area contributed by atoms with Crippen molar-refractivity contribution in [3.05, 3.63) is 69.8 Å². The number of thiol groups is 1. The van der Waals surface area contributed by atoms with Crippen LogP contribution in [0, 0.1) is 10.1 Å². The Kier molecular flexibility index (Phi) is 18.4. The predicted octanol–water partition coefficient (Wildman–Crippen LogP) is 6.05. The van der Waals surface area contributed by atoms with Crippen LogP contribution in [0.2, 0.25) is 0 Å². The number of carbonyl (C=O) groups excluding carboxylic acids is 2. The summed E-state index contributed by atoms with van der Waals surface area (Å²) in [6, 6.07) is 15.1. The van der Waals surface area contributed by atoms with Crippen molar-refractivity contribution in [1.29, 1.82) is 0 Å². The van der Waals surface area contributed by atoms with Gasteiger partial charge in [-0.05, 0) is 74.8 Å². The fourth-order valence-electron chi connectivity index (χ4n) is 4.96. The highest BCUT2D eigenvalue weighted by Crippen LogP contribution is 2.30. The van der Waals surface area contributed by atoms with Gasteiger partial charge in [-0.15, -0.1) is 0 Å². The van der Waals surface area contributed by atoms with Crippen molar-refractivity contribution in [2.75, 3.05) is 57.6 Å². The minimum absolute atomic E-state index is 0.131. The van der Waals surface area contributed by atoms with E-state index < -0.39 is 0 Å². The lowest BCUT2D eigenvalue weighted by Crippen LogP contribution is -2.39. The molecule has 0 aliphatic carbocycles. The molecule has 3 aliphatic heterocycles. The lowest BCUT2D eigenvalue weighted by atomic mass is 9.86. The molecular weight excluding hydrogens is 552 g/mol. The van der Waals surface area contributed by atoms with E-state index in [4.69, 9.17) is 4.74 Å². The average Bonchev–Trinajstić information content (AvgIpc) is 3.05. The lowest BCUT2D eigenvalue weighted by molar-refractivity contribution is -0.384. The third kappa shape index (κ3) is 11.7. The van der Waals surface area contributed by atoms with Crippen molar-refractivity contribution >= 4 is 35.8 Å². The molecule has 3 fully saturated rings. The second-order valence-corrected chi connectivity index (χ2v) is 9.62. The monoisotopic (exact) mass is 602 g/mol. The first-order valence-electron chi connectivity index (χ1n) is 15.0. The van der Waals surface area contributed by atoms with E-state index in [0.29, 0.717) is 18.8 Å². The summed E-state index contributed by atoms with van der Waals surface area (Å²) >= 11 is 3.53. The van der Waals surface area contributed by atoms with Gasteiger partial charge in [-0.25, -0.2) is 0 Å². The van der Waals surface area contributed by atoms with Gasteiger partial charge in [-0.2, -0.15) is 12.6 Å². The third-order valence-electron chi connectivity index (χ3n) is 7.20. The normalized spacial score (nSPS) is 18.7. The van der Waals surface area contributed by atoms with Crippen LogP contribution >= 0.6 is 12.6 Å². The van der Waals surface area contributed by atoms with E-state index in [9.17, 15) is 19.7 Å². The largest absolute Gasteiger partial charge is 0.378 e. The minimum atomic E-state index is -0.386. The molecule has 5 rings (SSSR count). The summed E-state index contributed by atoms with van der Waals surface area (Å²) in [7, 11) is 2.17. The zero-order valence-corrected chi connectivity index (χ0v) is 27.1. The van der Waals surface area contributed by atoms with Gasteiger partial charge in [0.1, 0.15) is 0 Å². The molecule has 0 saturated carbocycles. The Bertz CT molecular complexity index is 1050. The number of hydrogen-bond acceptors (Lipinski definition) is 8. The first kappa shape index (κ1) is 37.1. The smallest absolute Gasteiger partial charge is 0.269 e. The Hall–Kier alpha value is -2.95. The number of piperidine rings is 2. The molecular formula is C32H50N4O5S. The molecule has 0 spiro atoms. The van der Waals surface area contributed by atoms with E-state index in [0.717, 1.165) is 50.6 Å². The first-order valence-corrected chi connectivity index (χ1v) is 15.9. The molecule has 1 unspecified atom stereocenters. The van der Waals surface area contributed by atoms with Crippen molar-refractivity contribution in [3.63, 3.8) is 0 Å². The summed E-state index contributed by atoms with van der Waals surface area (Å²) in [5, 5.41) is 12.9. The Morgan fingerprint density at radius 2 is 1.36 bits per heavy atom. The van der Waals surface area contributed by atoms with Crippen LogP contribution in [0.5, 0.6) is 0 Å². The molecule has 0 bridgehead atoms. The van der Waals surface area contributed by atoms with E-state index in [1.165, 1.54) is 30.5 Å². The number of imide groups is 1. The summed E-state index contributed by atoms with van der Waals surface area (Å²) < 4.78 is 5.23. The number of likely N-dealkylation sites (tertiary alicyclic amines) is 1. The van der Waals surface area contributed by atoms with Gasteiger partial charge >= 0.3 is 0 Å². The van der Waals surface area contributed by atoms with Crippen molar-refractivity contribution in [2.45, 2.75) is 65.2 Å². The van der Waals surface area contributed by atoms with Crippen molar-refractivity contribution in [1.82, 2.24) is 10.2 Å². The van der Waals surface area contributed by atoms with Crippen molar-refractivity contribution < 1.29 is 19.2 Å². The highest BCUT2D eigenvalue weighted by Gasteiger charge is 2.28. The topological polar surface area (TPSA) is 105 Å². The number of non-ortho nitro benzene ring substituents is 1. The SMILES string of the molecule is CC.CC.CN1CCC(c2ccc(C3CCC(=O)NC3=O)cc2)CC1.CS.O=[N+]([O-])c1ccc(N2CCOCC2)cc1. The molecule has 3 saturated heterocycles. The predicted molar refractivity (Wildman–Crippen MR) is 175 cm³/mol.